The van der Waals surface area contributed by atoms with E-state index in [1.165, 1.54) is 6.08 Å². The summed E-state index contributed by atoms with van der Waals surface area (Å²) in [4.78, 5) is 0. The van der Waals surface area contributed by atoms with Crippen molar-refractivity contribution in [2.75, 3.05) is 0 Å². The summed E-state index contributed by atoms with van der Waals surface area (Å²) < 4.78 is 38.4. The van der Waals surface area contributed by atoms with Gasteiger partial charge in [-0.3, -0.25) is 0 Å². The van der Waals surface area contributed by atoms with Crippen LogP contribution in [0.4, 0.5) is 13.2 Å². The lowest BCUT2D eigenvalue weighted by Gasteiger charge is -2.07. The summed E-state index contributed by atoms with van der Waals surface area (Å²) in [5, 5.41) is 0. The van der Waals surface area contributed by atoms with Gasteiger partial charge >= 0.3 is 6.18 Å². The number of allylic oxidation sites excluding steroid dienone is 1. The molecule has 0 radical (unpaired) electrons. The number of fused-ring (bicyclic) bond motifs is 1. The van der Waals surface area contributed by atoms with Gasteiger partial charge in [-0.2, -0.15) is 13.2 Å². The molecule has 0 heterocycles. The average molecular weight is 274 g/mol. The van der Waals surface area contributed by atoms with E-state index in [1.807, 2.05) is 42.5 Å². The average Bonchev–Trinajstić information content (AvgIpc) is 2.85. The second-order valence-electron chi connectivity index (χ2n) is 5.00. The minimum Gasteiger partial charge on any atom is -0.166 e. The maximum absolute atomic E-state index is 12.8. The van der Waals surface area contributed by atoms with Crippen LogP contribution in [0.15, 0.2) is 54.1 Å². The van der Waals surface area contributed by atoms with Crippen LogP contribution in [0, 0.1) is 0 Å². The summed E-state index contributed by atoms with van der Waals surface area (Å²) in [5.74, 6) is 0. The minimum absolute atomic E-state index is 0.0124. The second kappa shape index (κ2) is 4.82. The normalized spacial score (nSPS) is 14.1. The molecule has 3 heteroatoms. The number of benzene rings is 2. The van der Waals surface area contributed by atoms with Crippen molar-refractivity contribution in [3.63, 3.8) is 0 Å². The Bertz CT molecular complexity index is 652. The third-order valence-electron chi connectivity index (χ3n) is 3.59. The van der Waals surface area contributed by atoms with Crippen molar-refractivity contribution in [2.45, 2.75) is 19.0 Å². The monoisotopic (exact) mass is 274 g/mol. The molecule has 0 N–H and O–H groups in total. The SMILES string of the molecule is FC(F)(F)C1=Cc2c(cccc2Cc2ccccc2)C1. The topological polar surface area (TPSA) is 0 Å². The van der Waals surface area contributed by atoms with Crippen molar-refractivity contribution >= 4 is 6.08 Å². The predicted octanol–water partition coefficient (Wildman–Crippen LogP) is 4.78. The van der Waals surface area contributed by atoms with Gasteiger partial charge < -0.3 is 0 Å². The van der Waals surface area contributed by atoms with Crippen LogP contribution < -0.4 is 0 Å². The standard InChI is InChI=1S/C17H13F3/c18-17(19,20)15-10-14-8-4-7-13(16(14)11-15)9-12-5-2-1-3-6-12/h1-8,11H,9-10H2. The highest BCUT2D eigenvalue weighted by atomic mass is 19.4. The van der Waals surface area contributed by atoms with Gasteiger partial charge in [0, 0.05) is 12.0 Å². The third kappa shape index (κ3) is 2.48. The van der Waals surface area contributed by atoms with Crippen LogP contribution in [0.1, 0.15) is 22.3 Å². The highest BCUT2D eigenvalue weighted by molar-refractivity contribution is 5.68. The lowest BCUT2D eigenvalue weighted by molar-refractivity contribution is -0.0918. The zero-order valence-electron chi connectivity index (χ0n) is 10.7. The summed E-state index contributed by atoms with van der Waals surface area (Å²) in [6.45, 7) is 0. The highest BCUT2D eigenvalue weighted by Crippen LogP contribution is 2.37. The summed E-state index contributed by atoms with van der Waals surface area (Å²) >= 11 is 0. The van der Waals surface area contributed by atoms with Crippen LogP contribution in [0.3, 0.4) is 0 Å². The van der Waals surface area contributed by atoms with Crippen LogP contribution in [0.25, 0.3) is 6.08 Å². The van der Waals surface area contributed by atoms with E-state index in [2.05, 4.69) is 0 Å². The molecule has 0 saturated heterocycles. The number of rotatable bonds is 2. The van der Waals surface area contributed by atoms with Gasteiger partial charge in [-0.05, 0) is 34.8 Å². The lowest BCUT2D eigenvalue weighted by Crippen LogP contribution is -2.11. The van der Waals surface area contributed by atoms with E-state index in [4.69, 9.17) is 0 Å². The molecule has 0 atom stereocenters. The minimum atomic E-state index is -4.23. The van der Waals surface area contributed by atoms with Crippen LogP contribution in [0.5, 0.6) is 0 Å². The zero-order valence-corrected chi connectivity index (χ0v) is 10.7. The van der Waals surface area contributed by atoms with Crippen molar-refractivity contribution in [3.05, 3.63) is 76.4 Å². The molecule has 0 nitrogen and oxygen atoms in total. The summed E-state index contributed by atoms with van der Waals surface area (Å²) in [6.07, 6.45) is -2.29. The van der Waals surface area contributed by atoms with E-state index in [1.54, 1.807) is 6.07 Å². The van der Waals surface area contributed by atoms with E-state index < -0.39 is 11.7 Å². The van der Waals surface area contributed by atoms with Crippen LogP contribution in [-0.4, -0.2) is 6.18 Å². The Morgan fingerprint density at radius 2 is 1.65 bits per heavy atom. The fraction of sp³-hybridized carbons (Fsp3) is 0.176. The molecule has 20 heavy (non-hydrogen) atoms. The molecule has 0 amide bonds. The Morgan fingerprint density at radius 3 is 2.35 bits per heavy atom. The molecule has 2 aromatic rings. The number of hydrogen-bond acceptors (Lipinski definition) is 0. The fourth-order valence-corrected chi connectivity index (χ4v) is 2.59. The summed E-state index contributed by atoms with van der Waals surface area (Å²) in [5.41, 5.74) is 3.12. The number of alkyl halides is 3. The van der Waals surface area contributed by atoms with Crippen LogP contribution >= 0.6 is 0 Å². The van der Waals surface area contributed by atoms with Gasteiger partial charge in [-0.15, -0.1) is 0 Å². The van der Waals surface area contributed by atoms with Crippen LogP contribution in [-0.2, 0) is 12.8 Å². The van der Waals surface area contributed by atoms with E-state index in [0.29, 0.717) is 6.42 Å². The molecule has 0 unspecified atom stereocenters. The summed E-state index contributed by atoms with van der Waals surface area (Å²) in [6, 6.07) is 15.3. The lowest BCUT2D eigenvalue weighted by atomic mass is 9.97. The molecular formula is C17H13F3. The maximum Gasteiger partial charge on any atom is 0.413 e. The Balaban J connectivity index is 1.96. The number of halogens is 3. The van der Waals surface area contributed by atoms with Crippen LogP contribution in [0.2, 0.25) is 0 Å². The second-order valence-corrected chi connectivity index (χ2v) is 5.00. The Hall–Kier alpha value is -2.03. The summed E-state index contributed by atoms with van der Waals surface area (Å²) in [7, 11) is 0. The predicted molar refractivity (Wildman–Crippen MR) is 73.4 cm³/mol. The van der Waals surface area contributed by atoms with Crippen molar-refractivity contribution in [2.24, 2.45) is 0 Å². The van der Waals surface area contributed by atoms with Gasteiger partial charge in [-0.25, -0.2) is 0 Å². The molecular weight excluding hydrogens is 261 g/mol. The molecule has 2 aromatic carbocycles. The van der Waals surface area contributed by atoms with E-state index in [9.17, 15) is 13.2 Å². The molecule has 0 aliphatic heterocycles. The number of hydrogen-bond donors (Lipinski definition) is 0. The fourth-order valence-electron chi connectivity index (χ4n) is 2.59. The molecule has 0 spiro atoms. The van der Waals surface area contributed by atoms with Gasteiger partial charge in [0.15, 0.2) is 0 Å². The van der Waals surface area contributed by atoms with Gasteiger partial charge in [0.25, 0.3) is 0 Å². The maximum atomic E-state index is 12.8. The first-order chi connectivity index (χ1) is 9.54. The van der Waals surface area contributed by atoms with E-state index in [-0.39, 0.29) is 6.42 Å². The Morgan fingerprint density at radius 1 is 0.900 bits per heavy atom. The van der Waals surface area contributed by atoms with Gasteiger partial charge in [0.2, 0.25) is 0 Å². The van der Waals surface area contributed by atoms with E-state index in [0.717, 1.165) is 22.3 Å². The first kappa shape index (κ1) is 13.0. The molecule has 1 aliphatic carbocycles. The van der Waals surface area contributed by atoms with Gasteiger partial charge in [0.05, 0.1) is 0 Å². The molecule has 0 fully saturated rings. The smallest absolute Gasteiger partial charge is 0.166 e. The Labute approximate surface area is 115 Å². The zero-order chi connectivity index (χ0) is 14.2. The van der Waals surface area contributed by atoms with Crippen molar-refractivity contribution in [1.82, 2.24) is 0 Å². The molecule has 1 aliphatic rings. The van der Waals surface area contributed by atoms with Crippen molar-refractivity contribution < 1.29 is 13.2 Å². The third-order valence-corrected chi connectivity index (χ3v) is 3.59. The quantitative estimate of drug-likeness (QED) is 0.739. The van der Waals surface area contributed by atoms with Gasteiger partial charge in [0.1, 0.15) is 0 Å². The Kier molecular flexibility index (Phi) is 3.13. The largest absolute Gasteiger partial charge is 0.413 e. The highest BCUT2D eigenvalue weighted by Gasteiger charge is 2.36. The van der Waals surface area contributed by atoms with Crippen molar-refractivity contribution in [3.8, 4) is 0 Å². The first-order valence-electron chi connectivity index (χ1n) is 6.46. The first-order valence-corrected chi connectivity index (χ1v) is 6.46. The van der Waals surface area contributed by atoms with Gasteiger partial charge in [-0.1, -0.05) is 48.5 Å². The van der Waals surface area contributed by atoms with E-state index >= 15 is 0 Å². The molecule has 0 bridgehead atoms. The molecule has 102 valence electrons. The van der Waals surface area contributed by atoms with Crippen molar-refractivity contribution in [1.29, 1.82) is 0 Å². The molecule has 3 rings (SSSR count). The molecule has 0 aromatic heterocycles. The molecule has 0 saturated carbocycles.